The van der Waals surface area contributed by atoms with E-state index in [1.165, 1.54) is 6.07 Å². The first kappa shape index (κ1) is 38.6. The van der Waals surface area contributed by atoms with E-state index in [0.29, 0.717) is 53.4 Å². The third kappa shape index (κ3) is 9.62. The number of carbonyl (C=O) groups is 2. The van der Waals surface area contributed by atoms with Crippen LogP contribution in [-0.4, -0.2) is 57.0 Å². The van der Waals surface area contributed by atoms with Crippen molar-refractivity contribution in [2.75, 3.05) is 13.1 Å². The molecular formula is C34H27Br5N4O8. The topological polar surface area (TPSA) is 182 Å². The highest BCUT2D eigenvalue weighted by Crippen LogP contribution is 2.44. The molecule has 8 bridgehead atoms. The van der Waals surface area contributed by atoms with Crippen LogP contribution in [0.3, 0.4) is 0 Å². The molecule has 12 nitrogen and oxygen atoms in total. The second kappa shape index (κ2) is 17.3. The molecule has 3 aliphatic rings. The molecule has 2 amide bonds. The molecule has 7 rings (SSSR count). The van der Waals surface area contributed by atoms with Gasteiger partial charge in [0.05, 0.1) is 22.4 Å². The van der Waals surface area contributed by atoms with Crippen LogP contribution in [0.1, 0.15) is 22.3 Å². The van der Waals surface area contributed by atoms with Crippen molar-refractivity contribution in [2.45, 2.75) is 25.7 Å². The van der Waals surface area contributed by atoms with Gasteiger partial charge in [-0.1, -0.05) is 16.4 Å². The number of rotatable bonds is 0. The standard InChI is InChI=1S/C34H27Br5N4O8/c35-20-7-16-1-2-27(20)50-28-14-17(8-21(36)30(28)44)4-6-41-34(47)26(43-49)13-19-9-22(37)31(45)29(15-19)51-32-23(38)10-18(11-24(32)39)12-25(42-48)33(46)40-5-3-16/h1-2,7-11,14-15,44-45,48-49H,3-6,12-13H2,(H,40,46)(H,41,47)/b42-25-,43-26-. The number of benzene rings is 4. The Morgan fingerprint density at radius 3 is 1.55 bits per heavy atom. The Morgan fingerprint density at radius 1 is 0.549 bits per heavy atom. The van der Waals surface area contributed by atoms with Crippen LogP contribution in [0.15, 0.2) is 87.3 Å². The van der Waals surface area contributed by atoms with Crippen molar-refractivity contribution in [1.82, 2.24) is 10.6 Å². The maximum Gasteiger partial charge on any atom is 0.269 e. The molecule has 0 unspecified atom stereocenters. The molecule has 266 valence electrons. The van der Waals surface area contributed by atoms with E-state index >= 15 is 0 Å². The van der Waals surface area contributed by atoms with E-state index in [1.807, 2.05) is 12.1 Å². The lowest BCUT2D eigenvalue weighted by atomic mass is 10.1. The molecule has 51 heavy (non-hydrogen) atoms. The summed E-state index contributed by atoms with van der Waals surface area (Å²) in [6, 6.07) is 15.2. The van der Waals surface area contributed by atoms with E-state index < -0.39 is 11.8 Å². The van der Waals surface area contributed by atoms with Crippen LogP contribution in [0.25, 0.3) is 0 Å². The monoisotopic (exact) mass is 1010 g/mol. The van der Waals surface area contributed by atoms with E-state index in [-0.39, 0.29) is 64.8 Å². The van der Waals surface area contributed by atoms with E-state index in [1.54, 1.807) is 36.4 Å². The molecule has 4 aromatic carbocycles. The second-order valence-electron chi connectivity index (χ2n) is 11.2. The number of carbonyl (C=O) groups excluding carboxylic acids is 2. The summed E-state index contributed by atoms with van der Waals surface area (Å²) in [6.07, 6.45) is 0.677. The van der Waals surface area contributed by atoms with Crippen molar-refractivity contribution in [3.8, 4) is 34.5 Å². The number of ether oxygens (including phenoxy) is 2. The van der Waals surface area contributed by atoms with E-state index in [0.717, 1.165) is 11.1 Å². The number of oxime groups is 2. The Bertz CT molecular complexity index is 2050. The molecule has 0 saturated heterocycles. The first-order valence-electron chi connectivity index (χ1n) is 15.0. The van der Waals surface area contributed by atoms with Crippen molar-refractivity contribution >= 4 is 103 Å². The Hall–Kier alpha value is -3.64. The largest absolute Gasteiger partial charge is 0.503 e. The van der Waals surface area contributed by atoms with Gasteiger partial charge in [-0.2, -0.15) is 0 Å². The van der Waals surface area contributed by atoms with Gasteiger partial charge < -0.3 is 40.7 Å². The summed E-state index contributed by atoms with van der Waals surface area (Å²) in [5, 5.41) is 52.9. The summed E-state index contributed by atoms with van der Waals surface area (Å²) in [4.78, 5) is 26.0. The number of halogens is 5. The van der Waals surface area contributed by atoms with Gasteiger partial charge in [-0.05, 0) is 163 Å². The van der Waals surface area contributed by atoms with Crippen molar-refractivity contribution in [2.24, 2.45) is 10.3 Å². The molecule has 3 heterocycles. The molecule has 0 saturated carbocycles. The molecule has 3 aliphatic heterocycles. The summed E-state index contributed by atoms with van der Waals surface area (Å²) in [5.41, 5.74) is 2.39. The smallest absolute Gasteiger partial charge is 0.269 e. The summed E-state index contributed by atoms with van der Waals surface area (Å²) in [6.45, 7) is 0.418. The van der Waals surface area contributed by atoms with Crippen LogP contribution in [0.5, 0.6) is 34.5 Å². The lowest BCUT2D eigenvalue weighted by Crippen LogP contribution is -2.33. The average molecular weight is 1020 g/mol. The van der Waals surface area contributed by atoms with Crippen LogP contribution in [0.4, 0.5) is 0 Å². The third-order valence-corrected chi connectivity index (χ3v) is 10.6. The van der Waals surface area contributed by atoms with Crippen LogP contribution in [0.2, 0.25) is 0 Å². The SMILES string of the molecule is O=C1NCCc2ccc(c(Br)c2)Oc2cc(cc(Br)c2O)CCNC(=O)/C(=N\O)Cc2cc(Br)c(O)c(c2)Oc2c(Br)cc(cc2Br)C/C1=N/O. The zero-order valence-corrected chi connectivity index (χ0v) is 34.1. The molecule has 17 heteroatoms. The number of hydrogen-bond donors (Lipinski definition) is 6. The lowest BCUT2D eigenvalue weighted by Gasteiger charge is -2.16. The quantitative estimate of drug-likeness (QED) is 0.0752. The molecule has 0 aliphatic carbocycles. The Balaban J connectivity index is 1.47. The van der Waals surface area contributed by atoms with Crippen LogP contribution in [0, 0.1) is 0 Å². The number of aromatic hydroxyl groups is 2. The number of amides is 2. The highest BCUT2D eigenvalue weighted by molar-refractivity contribution is 9.11. The van der Waals surface area contributed by atoms with E-state index in [4.69, 9.17) is 9.47 Å². The molecule has 4 aromatic rings. The van der Waals surface area contributed by atoms with Gasteiger partial charge in [0.2, 0.25) is 0 Å². The number of phenols is 2. The van der Waals surface area contributed by atoms with Gasteiger partial charge in [-0.15, -0.1) is 0 Å². The fraction of sp³-hybridized carbons (Fsp3) is 0.176. The number of fused-ring (bicyclic) bond motifs is 2. The minimum absolute atomic E-state index is 0.0147. The third-order valence-electron chi connectivity index (χ3n) is 7.57. The number of nitrogens with zero attached hydrogens (tertiary/aromatic N) is 2. The van der Waals surface area contributed by atoms with Gasteiger partial charge in [-0.3, -0.25) is 9.59 Å². The number of hydrogen-bond acceptors (Lipinski definition) is 10. The van der Waals surface area contributed by atoms with Crippen LogP contribution < -0.4 is 20.1 Å². The molecular weight excluding hydrogens is 992 g/mol. The second-order valence-corrected chi connectivity index (χ2v) is 15.4. The zero-order chi connectivity index (χ0) is 36.8. The first-order valence-corrected chi connectivity index (χ1v) is 19.0. The van der Waals surface area contributed by atoms with Crippen LogP contribution >= 0.6 is 79.6 Å². The summed E-state index contributed by atoms with van der Waals surface area (Å²) >= 11 is 17.2. The Morgan fingerprint density at radius 2 is 1.00 bits per heavy atom. The summed E-state index contributed by atoms with van der Waals surface area (Å²) < 4.78 is 14.3. The first-order chi connectivity index (χ1) is 24.4. The fourth-order valence-corrected chi connectivity index (χ4v) is 7.96. The van der Waals surface area contributed by atoms with Gasteiger partial charge in [0, 0.05) is 25.9 Å². The van der Waals surface area contributed by atoms with Gasteiger partial charge in [0.1, 0.15) is 17.2 Å². The van der Waals surface area contributed by atoms with E-state index in [9.17, 15) is 30.2 Å². The minimum Gasteiger partial charge on any atom is -0.503 e. The highest BCUT2D eigenvalue weighted by Gasteiger charge is 2.21. The normalized spacial score (nSPS) is 16.2. The number of phenolic OH excluding ortho intramolecular Hbond substituents is 2. The molecule has 0 atom stereocenters. The molecule has 0 radical (unpaired) electrons. The minimum atomic E-state index is -0.615. The molecule has 0 spiro atoms. The predicted molar refractivity (Wildman–Crippen MR) is 207 cm³/mol. The molecule has 0 aromatic heterocycles. The van der Waals surface area contributed by atoms with E-state index in [2.05, 4.69) is 101 Å². The van der Waals surface area contributed by atoms with Crippen molar-refractivity contribution < 1.29 is 39.7 Å². The van der Waals surface area contributed by atoms with Crippen LogP contribution in [-0.2, 0) is 35.3 Å². The summed E-state index contributed by atoms with van der Waals surface area (Å²) in [5.74, 6) is -0.563. The average Bonchev–Trinajstić information content (AvgIpc) is 3.08. The van der Waals surface area contributed by atoms with Gasteiger partial charge in [-0.25, -0.2) is 0 Å². The maximum atomic E-state index is 13.0. The molecule has 0 fully saturated rings. The summed E-state index contributed by atoms with van der Waals surface area (Å²) in [7, 11) is 0. The van der Waals surface area contributed by atoms with Crippen molar-refractivity contribution in [1.29, 1.82) is 0 Å². The Kier molecular flexibility index (Phi) is 13.1. The van der Waals surface area contributed by atoms with Gasteiger partial charge in [0.25, 0.3) is 11.8 Å². The highest BCUT2D eigenvalue weighted by atomic mass is 79.9. The predicted octanol–water partition coefficient (Wildman–Crippen LogP) is 8.27. The molecule has 6 N–H and O–H groups in total. The zero-order valence-electron chi connectivity index (χ0n) is 26.1. The fourth-order valence-electron chi connectivity index (χ4n) is 5.03. The number of nitrogens with one attached hydrogen (secondary N) is 2. The van der Waals surface area contributed by atoms with Gasteiger partial charge in [0.15, 0.2) is 28.7 Å². The lowest BCUT2D eigenvalue weighted by molar-refractivity contribution is -0.115. The Labute approximate surface area is 333 Å². The van der Waals surface area contributed by atoms with Crippen molar-refractivity contribution in [3.05, 3.63) is 99.2 Å². The maximum absolute atomic E-state index is 13.0. The van der Waals surface area contributed by atoms with Gasteiger partial charge >= 0.3 is 0 Å². The van der Waals surface area contributed by atoms with Crippen molar-refractivity contribution in [3.63, 3.8) is 0 Å².